The van der Waals surface area contributed by atoms with E-state index in [2.05, 4.69) is 20.9 Å². The van der Waals surface area contributed by atoms with Crippen molar-refractivity contribution in [3.05, 3.63) is 33.2 Å². The van der Waals surface area contributed by atoms with Crippen LogP contribution in [0.25, 0.3) is 11.0 Å². The van der Waals surface area contributed by atoms with Crippen LogP contribution in [-0.2, 0) is 4.74 Å². The largest absolute Gasteiger partial charge is 0.358 e. The zero-order valence-electron chi connectivity index (χ0n) is 9.28. The monoisotopic (exact) mass is 296 g/mol. The molecule has 17 heavy (non-hydrogen) atoms. The number of H-pyrrole nitrogens is 1. The van der Waals surface area contributed by atoms with E-state index in [4.69, 9.17) is 4.74 Å². The molecule has 2 heterocycles. The highest BCUT2D eigenvalue weighted by molar-refractivity contribution is 9.10. The Labute approximate surface area is 107 Å². The molecule has 1 N–H and O–H groups in total. The zero-order chi connectivity index (χ0) is 11.8. The molecule has 1 fully saturated rings. The maximum Gasteiger partial charge on any atom is 0.328 e. The Morgan fingerprint density at radius 3 is 3.06 bits per heavy atom. The van der Waals surface area contributed by atoms with Gasteiger partial charge >= 0.3 is 5.69 Å². The van der Waals surface area contributed by atoms with Gasteiger partial charge in [-0.05, 0) is 37.5 Å². The topological polar surface area (TPSA) is 47.0 Å². The summed E-state index contributed by atoms with van der Waals surface area (Å²) in [6.45, 7) is 0.736. The van der Waals surface area contributed by atoms with Crippen LogP contribution in [0.4, 0.5) is 0 Å². The Hall–Kier alpha value is -1.07. The van der Waals surface area contributed by atoms with Gasteiger partial charge in [-0.1, -0.05) is 15.9 Å². The maximum absolute atomic E-state index is 12.0. The second-order valence-electron chi connectivity index (χ2n) is 4.28. The number of nitrogens with zero attached hydrogens (tertiary/aromatic N) is 1. The summed E-state index contributed by atoms with van der Waals surface area (Å²) >= 11 is 3.40. The molecule has 1 saturated heterocycles. The fourth-order valence-corrected chi connectivity index (χ4v) is 2.68. The molecular formula is C12H13BrN2O2. The highest BCUT2D eigenvalue weighted by Crippen LogP contribution is 2.25. The molecule has 1 aliphatic heterocycles. The second-order valence-corrected chi connectivity index (χ2v) is 5.20. The summed E-state index contributed by atoms with van der Waals surface area (Å²) in [4.78, 5) is 14.8. The van der Waals surface area contributed by atoms with E-state index >= 15 is 0 Å². The molecule has 1 unspecified atom stereocenters. The van der Waals surface area contributed by atoms with Crippen LogP contribution in [0, 0.1) is 0 Å². The van der Waals surface area contributed by atoms with E-state index in [0.29, 0.717) is 0 Å². The number of ether oxygens (including phenoxy) is 1. The first kappa shape index (κ1) is 11.0. The Bertz CT molecular complexity index is 596. The number of benzene rings is 1. The summed E-state index contributed by atoms with van der Waals surface area (Å²) < 4.78 is 8.36. The minimum absolute atomic E-state index is 0.0926. The summed E-state index contributed by atoms with van der Waals surface area (Å²) in [5.74, 6) is 0. The molecule has 2 aromatic rings. The maximum atomic E-state index is 12.0. The van der Waals surface area contributed by atoms with Crippen molar-refractivity contribution >= 4 is 27.0 Å². The minimum Gasteiger partial charge on any atom is -0.358 e. The first-order valence-corrected chi connectivity index (χ1v) is 6.56. The highest BCUT2D eigenvalue weighted by Gasteiger charge is 2.20. The number of halogens is 1. The predicted molar refractivity (Wildman–Crippen MR) is 69.1 cm³/mol. The molecule has 90 valence electrons. The van der Waals surface area contributed by atoms with E-state index in [0.717, 1.165) is 41.4 Å². The fourth-order valence-electron chi connectivity index (χ4n) is 2.32. The quantitative estimate of drug-likeness (QED) is 0.880. The molecule has 0 bridgehead atoms. The zero-order valence-corrected chi connectivity index (χ0v) is 10.9. The van der Waals surface area contributed by atoms with Gasteiger partial charge in [0, 0.05) is 11.1 Å². The van der Waals surface area contributed by atoms with Crippen molar-refractivity contribution in [1.29, 1.82) is 0 Å². The molecule has 4 nitrogen and oxygen atoms in total. The molecule has 1 atom stereocenters. The Kier molecular flexibility index (Phi) is 2.80. The Morgan fingerprint density at radius 1 is 1.41 bits per heavy atom. The van der Waals surface area contributed by atoms with Crippen molar-refractivity contribution in [2.24, 2.45) is 0 Å². The van der Waals surface area contributed by atoms with Gasteiger partial charge in [0.25, 0.3) is 0 Å². The van der Waals surface area contributed by atoms with Crippen molar-refractivity contribution in [2.45, 2.75) is 25.5 Å². The van der Waals surface area contributed by atoms with Gasteiger partial charge in [-0.25, -0.2) is 4.79 Å². The van der Waals surface area contributed by atoms with E-state index in [1.807, 2.05) is 18.2 Å². The molecule has 0 spiro atoms. The van der Waals surface area contributed by atoms with E-state index in [-0.39, 0.29) is 11.9 Å². The summed E-state index contributed by atoms with van der Waals surface area (Å²) in [6, 6.07) is 5.79. The molecule has 0 radical (unpaired) electrons. The molecule has 0 saturated carbocycles. The number of hydrogen-bond donors (Lipinski definition) is 1. The predicted octanol–water partition coefficient (Wildman–Crippen LogP) is 2.79. The standard InChI is InChI=1S/C12H13BrN2O2/c13-8-4-5-10-9(7-8)14-12(16)15(10)11-3-1-2-6-17-11/h4-5,7,11H,1-3,6H2,(H,14,16). The molecule has 3 rings (SSSR count). The fraction of sp³-hybridized carbons (Fsp3) is 0.417. The van der Waals surface area contributed by atoms with Crippen LogP contribution in [0.15, 0.2) is 27.5 Å². The lowest BCUT2D eigenvalue weighted by Gasteiger charge is -2.23. The summed E-state index contributed by atoms with van der Waals surface area (Å²) in [7, 11) is 0. The van der Waals surface area contributed by atoms with Crippen LogP contribution in [0.2, 0.25) is 0 Å². The Morgan fingerprint density at radius 2 is 2.29 bits per heavy atom. The molecule has 0 amide bonds. The van der Waals surface area contributed by atoms with Crippen LogP contribution in [0.3, 0.4) is 0 Å². The summed E-state index contributed by atoms with van der Waals surface area (Å²) in [5, 5.41) is 0. The van der Waals surface area contributed by atoms with Gasteiger partial charge in [-0.2, -0.15) is 0 Å². The number of nitrogens with one attached hydrogen (secondary N) is 1. The van der Waals surface area contributed by atoms with Crippen molar-refractivity contribution in [3.63, 3.8) is 0 Å². The SMILES string of the molecule is O=c1[nH]c2cc(Br)ccc2n1C1CCCCO1. The van der Waals surface area contributed by atoms with Gasteiger partial charge in [0.15, 0.2) is 0 Å². The van der Waals surface area contributed by atoms with Crippen LogP contribution in [-0.4, -0.2) is 16.2 Å². The van der Waals surface area contributed by atoms with Gasteiger partial charge in [0.2, 0.25) is 0 Å². The first-order valence-electron chi connectivity index (χ1n) is 5.77. The lowest BCUT2D eigenvalue weighted by molar-refractivity contribution is -0.0313. The molecular weight excluding hydrogens is 284 g/mol. The number of hydrogen-bond acceptors (Lipinski definition) is 2. The van der Waals surface area contributed by atoms with Crippen molar-refractivity contribution in [3.8, 4) is 0 Å². The molecule has 1 aliphatic rings. The minimum atomic E-state index is -0.119. The smallest absolute Gasteiger partial charge is 0.328 e. The van der Waals surface area contributed by atoms with Gasteiger partial charge in [0.05, 0.1) is 11.0 Å². The molecule has 1 aromatic carbocycles. The summed E-state index contributed by atoms with van der Waals surface area (Å²) in [5.41, 5.74) is 1.66. The number of aromatic amines is 1. The van der Waals surface area contributed by atoms with Gasteiger partial charge in [0.1, 0.15) is 6.23 Å². The lowest BCUT2D eigenvalue weighted by Crippen LogP contribution is -2.26. The second kappa shape index (κ2) is 4.31. The van der Waals surface area contributed by atoms with E-state index in [1.54, 1.807) is 4.57 Å². The van der Waals surface area contributed by atoms with Crippen LogP contribution >= 0.6 is 15.9 Å². The third-order valence-corrected chi connectivity index (χ3v) is 3.62. The van der Waals surface area contributed by atoms with Crippen molar-refractivity contribution < 1.29 is 4.74 Å². The molecule has 5 heteroatoms. The van der Waals surface area contributed by atoms with Crippen LogP contribution in [0.1, 0.15) is 25.5 Å². The van der Waals surface area contributed by atoms with Gasteiger partial charge < -0.3 is 9.72 Å². The van der Waals surface area contributed by atoms with Crippen LogP contribution in [0.5, 0.6) is 0 Å². The van der Waals surface area contributed by atoms with E-state index < -0.39 is 0 Å². The van der Waals surface area contributed by atoms with Gasteiger partial charge in [-0.3, -0.25) is 4.57 Å². The average Bonchev–Trinajstić information content (AvgIpc) is 2.65. The van der Waals surface area contributed by atoms with Crippen LogP contribution < -0.4 is 5.69 Å². The number of fused-ring (bicyclic) bond motifs is 1. The lowest BCUT2D eigenvalue weighted by atomic mass is 10.2. The number of imidazole rings is 1. The average molecular weight is 297 g/mol. The number of aromatic nitrogens is 2. The summed E-state index contributed by atoms with van der Waals surface area (Å²) in [6.07, 6.45) is 2.98. The molecule has 1 aromatic heterocycles. The normalized spacial score (nSPS) is 20.9. The highest BCUT2D eigenvalue weighted by atomic mass is 79.9. The Balaban J connectivity index is 2.14. The van der Waals surface area contributed by atoms with E-state index in [1.165, 1.54) is 0 Å². The third-order valence-electron chi connectivity index (χ3n) is 3.12. The third kappa shape index (κ3) is 1.93. The van der Waals surface area contributed by atoms with E-state index in [9.17, 15) is 4.79 Å². The first-order chi connectivity index (χ1) is 8.25. The molecule has 0 aliphatic carbocycles. The number of rotatable bonds is 1. The van der Waals surface area contributed by atoms with Gasteiger partial charge in [-0.15, -0.1) is 0 Å². The van der Waals surface area contributed by atoms with Crippen molar-refractivity contribution in [2.75, 3.05) is 6.61 Å². The van der Waals surface area contributed by atoms with Crippen molar-refractivity contribution in [1.82, 2.24) is 9.55 Å².